The summed E-state index contributed by atoms with van der Waals surface area (Å²) < 4.78 is 4.52. The van der Waals surface area contributed by atoms with E-state index in [-0.39, 0.29) is 6.04 Å². The molecule has 1 aromatic carbocycles. The number of benzene rings is 1. The zero-order valence-electron chi connectivity index (χ0n) is 9.14. The summed E-state index contributed by atoms with van der Waals surface area (Å²) in [4.78, 5) is 11.2. The molecule has 2 unspecified atom stereocenters. The number of carbonyl (C=O) groups is 1. The number of esters is 1. The summed E-state index contributed by atoms with van der Waals surface area (Å²) >= 11 is 0. The predicted molar refractivity (Wildman–Crippen MR) is 60.2 cm³/mol. The molecule has 0 spiro atoms. The average molecular weight is 221 g/mol. The van der Waals surface area contributed by atoms with E-state index in [9.17, 15) is 9.90 Å². The first-order valence-electron chi connectivity index (χ1n) is 5.32. The van der Waals surface area contributed by atoms with Crippen LogP contribution in [0.25, 0.3) is 0 Å². The van der Waals surface area contributed by atoms with Gasteiger partial charge in [0.25, 0.3) is 0 Å². The maximum Gasteiger partial charge on any atom is 0.336 e. The van der Waals surface area contributed by atoms with Gasteiger partial charge in [-0.25, -0.2) is 4.79 Å². The molecular weight excluding hydrogens is 206 g/mol. The molecule has 2 rings (SSSR count). The van der Waals surface area contributed by atoms with Crippen molar-refractivity contribution in [3.63, 3.8) is 0 Å². The second kappa shape index (κ2) is 4.53. The number of hydrogen-bond acceptors (Lipinski definition) is 4. The Hall–Kier alpha value is -1.55. The number of fused-ring (bicyclic) bond motifs is 1. The van der Waals surface area contributed by atoms with Gasteiger partial charge in [0.05, 0.1) is 13.2 Å². The molecule has 1 aliphatic rings. The van der Waals surface area contributed by atoms with Gasteiger partial charge >= 0.3 is 5.97 Å². The molecule has 0 amide bonds. The first kappa shape index (κ1) is 11.0. The topological polar surface area (TPSA) is 58.6 Å². The second-order valence-electron chi connectivity index (χ2n) is 3.91. The Kier molecular flexibility index (Phi) is 3.10. The third-order valence-electron chi connectivity index (χ3n) is 2.91. The average Bonchev–Trinajstić information content (AvgIpc) is 2.36. The number of nitrogens with one attached hydrogen (secondary N) is 1. The van der Waals surface area contributed by atoms with Gasteiger partial charge in [0.1, 0.15) is 0 Å². The van der Waals surface area contributed by atoms with Gasteiger partial charge in [0.2, 0.25) is 0 Å². The van der Waals surface area contributed by atoms with Crippen molar-refractivity contribution in [2.24, 2.45) is 0 Å². The number of aliphatic hydroxyl groups excluding tert-OH is 1. The van der Waals surface area contributed by atoms with Crippen LogP contribution in [0.1, 0.15) is 12.0 Å². The van der Waals surface area contributed by atoms with Gasteiger partial charge in [-0.15, -0.1) is 0 Å². The molecular formula is C12H15NO3. The van der Waals surface area contributed by atoms with Crippen LogP contribution in [0.15, 0.2) is 24.3 Å². The molecule has 1 aromatic rings. The molecule has 2 atom stereocenters. The van der Waals surface area contributed by atoms with Crippen molar-refractivity contribution >= 4 is 11.7 Å². The fourth-order valence-electron chi connectivity index (χ4n) is 1.98. The van der Waals surface area contributed by atoms with Crippen LogP contribution in [-0.2, 0) is 16.0 Å². The Labute approximate surface area is 94.2 Å². The summed E-state index contributed by atoms with van der Waals surface area (Å²) in [6.45, 7) is 0. The molecule has 4 nitrogen and oxygen atoms in total. The Balaban J connectivity index is 2.10. The Bertz CT molecular complexity index is 392. The zero-order chi connectivity index (χ0) is 11.5. The number of hydrogen-bond donors (Lipinski definition) is 2. The van der Waals surface area contributed by atoms with Gasteiger partial charge in [-0.1, -0.05) is 18.2 Å². The molecule has 16 heavy (non-hydrogen) atoms. The SMILES string of the molecule is COC(=O)C(O)C1CCc2ccccc2N1. The smallest absolute Gasteiger partial charge is 0.336 e. The summed E-state index contributed by atoms with van der Waals surface area (Å²) in [5.74, 6) is -0.586. The monoisotopic (exact) mass is 221 g/mol. The number of methoxy groups -OCH3 is 1. The van der Waals surface area contributed by atoms with E-state index in [0.29, 0.717) is 0 Å². The number of ether oxygens (including phenoxy) is 1. The second-order valence-corrected chi connectivity index (χ2v) is 3.91. The first-order valence-corrected chi connectivity index (χ1v) is 5.32. The highest BCUT2D eigenvalue weighted by molar-refractivity contribution is 5.76. The van der Waals surface area contributed by atoms with E-state index in [4.69, 9.17) is 0 Å². The van der Waals surface area contributed by atoms with Crippen LogP contribution in [0.5, 0.6) is 0 Å². The van der Waals surface area contributed by atoms with Gasteiger partial charge < -0.3 is 15.2 Å². The molecule has 1 aliphatic heterocycles. The lowest BCUT2D eigenvalue weighted by atomic mass is 9.95. The minimum absolute atomic E-state index is 0.262. The van der Waals surface area contributed by atoms with Crippen LogP contribution in [0, 0.1) is 0 Å². The van der Waals surface area contributed by atoms with Crippen molar-refractivity contribution in [3.8, 4) is 0 Å². The Morgan fingerprint density at radius 2 is 2.31 bits per heavy atom. The molecule has 0 radical (unpaired) electrons. The minimum Gasteiger partial charge on any atom is -0.467 e. The van der Waals surface area contributed by atoms with Crippen molar-refractivity contribution < 1.29 is 14.6 Å². The Morgan fingerprint density at radius 3 is 3.06 bits per heavy atom. The fourth-order valence-corrected chi connectivity index (χ4v) is 1.98. The highest BCUT2D eigenvalue weighted by atomic mass is 16.5. The molecule has 0 aromatic heterocycles. The summed E-state index contributed by atoms with van der Waals surface area (Å²) in [6.07, 6.45) is 0.494. The normalized spacial score (nSPS) is 20.5. The van der Waals surface area contributed by atoms with E-state index in [1.807, 2.05) is 24.3 Å². The quantitative estimate of drug-likeness (QED) is 0.730. The molecule has 86 valence electrons. The first-order chi connectivity index (χ1) is 7.72. The third-order valence-corrected chi connectivity index (χ3v) is 2.91. The standard InChI is InChI=1S/C12H15NO3/c1-16-12(15)11(14)10-7-6-8-4-2-3-5-9(8)13-10/h2-5,10-11,13-14H,6-7H2,1H3. The van der Waals surface area contributed by atoms with Crippen LogP contribution in [0.4, 0.5) is 5.69 Å². The van der Waals surface area contributed by atoms with Crippen molar-refractivity contribution in [2.45, 2.75) is 25.0 Å². The van der Waals surface area contributed by atoms with E-state index in [2.05, 4.69) is 10.1 Å². The van der Waals surface area contributed by atoms with Crippen LogP contribution in [0.3, 0.4) is 0 Å². The molecule has 0 saturated heterocycles. The number of carbonyl (C=O) groups excluding carboxylic acids is 1. The summed E-state index contributed by atoms with van der Waals surface area (Å²) in [5.41, 5.74) is 2.21. The maximum atomic E-state index is 11.2. The highest BCUT2D eigenvalue weighted by Crippen LogP contribution is 2.25. The van der Waals surface area contributed by atoms with E-state index < -0.39 is 12.1 Å². The number of anilines is 1. The zero-order valence-corrected chi connectivity index (χ0v) is 9.14. The van der Waals surface area contributed by atoms with Crippen LogP contribution in [-0.4, -0.2) is 30.3 Å². The molecule has 1 heterocycles. The number of para-hydroxylation sites is 1. The van der Waals surface area contributed by atoms with Gasteiger partial charge in [0, 0.05) is 5.69 Å². The number of aryl methyl sites for hydroxylation is 1. The maximum absolute atomic E-state index is 11.2. The number of rotatable bonds is 2. The Morgan fingerprint density at radius 1 is 1.56 bits per heavy atom. The molecule has 2 N–H and O–H groups in total. The van der Waals surface area contributed by atoms with E-state index >= 15 is 0 Å². The number of aliphatic hydroxyl groups is 1. The van der Waals surface area contributed by atoms with Crippen LogP contribution >= 0.6 is 0 Å². The van der Waals surface area contributed by atoms with Gasteiger partial charge in [0.15, 0.2) is 6.10 Å². The lowest BCUT2D eigenvalue weighted by Crippen LogP contribution is -2.42. The lowest BCUT2D eigenvalue weighted by Gasteiger charge is -2.29. The van der Waals surface area contributed by atoms with E-state index in [1.54, 1.807) is 0 Å². The molecule has 0 bridgehead atoms. The van der Waals surface area contributed by atoms with Crippen molar-refractivity contribution in [1.82, 2.24) is 0 Å². The largest absolute Gasteiger partial charge is 0.467 e. The van der Waals surface area contributed by atoms with E-state index in [0.717, 1.165) is 18.5 Å². The van der Waals surface area contributed by atoms with Crippen molar-refractivity contribution in [1.29, 1.82) is 0 Å². The predicted octanol–water partition coefficient (Wildman–Crippen LogP) is 0.947. The van der Waals surface area contributed by atoms with Crippen LogP contribution < -0.4 is 5.32 Å². The minimum atomic E-state index is -1.10. The molecule has 0 aliphatic carbocycles. The van der Waals surface area contributed by atoms with Gasteiger partial charge in [-0.05, 0) is 24.5 Å². The lowest BCUT2D eigenvalue weighted by molar-refractivity contribution is -0.151. The summed E-state index contributed by atoms with van der Waals surface area (Å²) in [7, 11) is 1.28. The molecule has 0 saturated carbocycles. The third kappa shape index (κ3) is 2.02. The molecule has 0 fully saturated rings. The summed E-state index contributed by atoms with van der Waals surface area (Å²) in [5, 5.41) is 12.9. The van der Waals surface area contributed by atoms with Crippen molar-refractivity contribution in [2.75, 3.05) is 12.4 Å². The fraction of sp³-hybridized carbons (Fsp3) is 0.417. The van der Waals surface area contributed by atoms with Gasteiger partial charge in [-0.2, -0.15) is 0 Å². The van der Waals surface area contributed by atoms with Crippen molar-refractivity contribution in [3.05, 3.63) is 29.8 Å². The molecule has 4 heteroatoms. The van der Waals surface area contributed by atoms with Gasteiger partial charge in [-0.3, -0.25) is 0 Å². The van der Waals surface area contributed by atoms with E-state index in [1.165, 1.54) is 12.7 Å². The summed E-state index contributed by atoms with van der Waals surface area (Å²) in [6, 6.07) is 7.65. The highest BCUT2D eigenvalue weighted by Gasteiger charge is 2.29. The van der Waals surface area contributed by atoms with Crippen LogP contribution in [0.2, 0.25) is 0 Å².